The van der Waals surface area contributed by atoms with Crippen molar-refractivity contribution in [1.82, 2.24) is 4.98 Å². The Bertz CT molecular complexity index is 758. The molecule has 3 rings (SSSR count). The summed E-state index contributed by atoms with van der Waals surface area (Å²) >= 11 is 8.43. The topological polar surface area (TPSA) is 28.9 Å². The van der Waals surface area contributed by atoms with Crippen LogP contribution in [0.25, 0.3) is 22.5 Å². The van der Waals surface area contributed by atoms with Crippen LogP contribution in [0.5, 0.6) is 0 Å². The summed E-state index contributed by atoms with van der Waals surface area (Å²) in [6.07, 6.45) is 1.79. The van der Waals surface area contributed by atoms with Crippen LogP contribution in [0.15, 0.2) is 63.6 Å². The molecule has 1 N–H and O–H groups in total. The van der Waals surface area contributed by atoms with Gasteiger partial charge in [0.25, 0.3) is 4.84 Å². The van der Waals surface area contributed by atoms with Crippen LogP contribution in [0, 0.1) is 4.84 Å². The molecule has 0 saturated carbocycles. The fourth-order valence-corrected chi connectivity index (χ4v) is 2.41. The fraction of sp³-hybridized carbons (Fsp3) is 0. The average Bonchev–Trinajstić information content (AvgIpc) is 2.86. The normalized spacial score (nSPS) is 10.6. The van der Waals surface area contributed by atoms with Crippen molar-refractivity contribution in [2.75, 3.05) is 0 Å². The number of aromatic nitrogens is 1. The molecule has 0 aliphatic rings. The predicted octanol–water partition coefficient (Wildman–Crippen LogP) is 5.43. The highest BCUT2D eigenvalue weighted by molar-refractivity contribution is 9.10. The quantitative estimate of drug-likeness (QED) is 0.634. The van der Waals surface area contributed by atoms with Gasteiger partial charge in [0.2, 0.25) is 0 Å². The molecular formula is C15H10BrNOS. The molecule has 0 atom stereocenters. The molecule has 0 amide bonds. The Kier molecular flexibility index (Phi) is 3.36. The minimum atomic E-state index is 0.389. The van der Waals surface area contributed by atoms with E-state index in [1.807, 2.05) is 30.3 Å². The van der Waals surface area contributed by atoms with Gasteiger partial charge in [-0.05, 0) is 35.5 Å². The van der Waals surface area contributed by atoms with Crippen LogP contribution < -0.4 is 0 Å². The second kappa shape index (κ2) is 5.15. The SMILES string of the molecule is S=c1[nH]cc(-c2ccccc2-c2ccc(Br)cc2)o1. The van der Waals surface area contributed by atoms with Crippen LogP contribution >= 0.6 is 28.1 Å². The molecular weight excluding hydrogens is 322 g/mol. The van der Waals surface area contributed by atoms with Crippen LogP contribution in [-0.2, 0) is 0 Å². The molecule has 1 heterocycles. The van der Waals surface area contributed by atoms with E-state index < -0.39 is 0 Å². The molecule has 2 nitrogen and oxygen atoms in total. The van der Waals surface area contributed by atoms with Gasteiger partial charge in [-0.2, -0.15) is 0 Å². The van der Waals surface area contributed by atoms with Crippen molar-refractivity contribution in [2.45, 2.75) is 0 Å². The lowest BCUT2D eigenvalue weighted by Gasteiger charge is -2.07. The second-order valence-corrected chi connectivity index (χ2v) is 5.38. The first-order chi connectivity index (χ1) is 9.24. The Morgan fingerprint density at radius 2 is 1.63 bits per heavy atom. The van der Waals surface area contributed by atoms with Crippen molar-refractivity contribution >= 4 is 28.1 Å². The first kappa shape index (κ1) is 12.4. The average molecular weight is 332 g/mol. The number of aromatic amines is 1. The van der Waals surface area contributed by atoms with Crippen molar-refractivity contribution in [3.63, 3.8) is 0 Å². The maximum Gasteiger partial charge on any atom is 0.266 e. The van der Waals surface area contributed by atoms with E-state index in [4.69, 9.17) is 16.6 Å². The Morgan fingerprint density at radius 3 is 2.26 bits per heavy atom. The molecule has 0 radical (unpaired) electrons. The van der Waals surface area contributed by atoms with Gasteiger partial charge in [0.1, 0.15) is 0 Å². The molecule has 3 aromatic rings. The predicted molar refractivity (Wildman–Crippen MR) is 82.5 cm³/mol. The van der Waals surface area contributed by atoms with Gasteiger partial charge in [-0.1, -0.05) is 52.3 Å². The number of nitrogens with one attached hydrogen (secondary N) is 1. The number of halogens is 1. The second-order valence-electron chi connectivity index (χ2n) is 4.09. The number of oxazole rings is 1. The van der Waals surface area contributed by atoms with Crippen molar-refractivity contribution in [2.24, 2.45) is 0 Å². The molecule has 2 aromatic carbocycles. The largest absolute Gasteiger partial charge is 0.429 e. The number of H-pyrrole nitrogens is 1. The fourth-order valence-electron chi connectivity index (χ4n) is 2.00. The Morgan fingerprint density at radius 1 is 0.947 bits per heavy atom. The molecule has 0 spiro atoms. The number of hydrogen-bond acceptors (Lipinski definition) is 2. The highest BCUT2D eigenvalue weighted by Crippen LogP contribution is 2.32. The van der Waals surface area contributed by atoms with Crippen LogP contribution in [-0.4, -0.2) is 4.98 Å². The van der Waals surface area contributed by atoms with E-state index in [1.165, 1.54) is 0 Å². The molecule has 0 unspecified atom stereocenters. The maximum atomic E-state index is 5.51. The molecule has 0 fully saturated rings. The molecule has 19 heavy (non-hydrogen) atoms. The van der Waals surface area contributed by atoms with Crippen LogP contribution in [0.4, 0.5) is 0 Å². The Labute approximate surface area is 124 Å². The molecule has 0 aliphatic carbocycles. The molecule has 4 heteroatoms. The van der Waals surface area contributed by atoms with Gasteiger partial charge in [0.15, 0.2) is 5.76 Å². The van der Waals surface area contributed by atoms with Gasteiger partial charge in [0.05, 0.1) is 0 Å². The smallest absolute Gasteiger partial charge is 0.266 e. The van der Waals surface area contributed by atoms with Crippen molar-refractivity contribution < 1.29 is 4.42 Å². The molecule has 0 saturated heterocycles. The van der Waals surface area contributed by atoms with Crippen LogP contribution in [0.1, 0.15) is 0 Å². The molecule has 94 valence electrons. The third-order valence-electron chi connectivity index (χ3n) is 2.87. The molecule has 1 aromatic heterocycles. The Hall–Kier alpha value is -1.65. The lowest BCUT2D eigenvalue weighted by molar-refractivity contribution is 0.554. The highest BCUT2D eigenvalue weighted by atomic mass is 79.9. The zero-order chi connectivity index (χ0) is 13.2. The van der Waals surface area contributed by atoms with Gasteiger partial charge in [-0.25, -0.2) is 0 Å². The van der Waals surface area contributed by atoms with E-state index in [2.05, 4.69) is 39.1 Å². The number of rotatable bonds is 2. The third-order valence-corrected chi connectivity index (χ3v) is 3.60. The van der Waals surface area contributed by atoms with Crippen LogP contribution in [0.2, 0.25) is 0 Å². The highest BCUT2D eigenvalue weighted by Gasteiger charge is 2.09. The van der Waals surface area contributed by atoms with Crippen molar-refractivity contribution in [1.29, 1.82) is 0 Å². The summed E-state index contributed by atoms with van der Waals surface area (Å²) in [6, 6.07) is 16.3. The first-order valence-electron chi connectivity index (χ1n) is 5.78. The van der Waals surface area contributed by atoms with Gasteiger partial charge in [-0.15, -0.1) is 0 Å². The van der Waals surface area contributed by atoms with Crippen LogP contribution in [0.3, 0.4) is 0 Å². The van der Waals surface area contributed by atoms with E-state index in [0.29, 0.717) is 4.84 Å². The molecule has 0 aliphatic heterocycles. The molecule has 0 bridgehead atoms. The monoisotopic (exact) mass is 331 g/mol. The number of hydrogen-bond donors (Lipinski definition) is 1. The first-order valence-corrected chi connectivity index (χ1v) is 6.98. The Balaban J connectivity index is 2.17. The lowest BCUT2D eigenvalue weighted by Crippen LogP contribution is -1.83. The third kappa shape index (κ3) is 2.55. The van der Waals surface area contributed by atoms with E-state index in [0.717, 1.165) is 26.9 Å². The maximum absolute atomic E-state index is 5.51. The van der Waals surface area contributed by atoms with E-state index in [9.17, 15) is 0 Å². The summed E-state index contributed by atoms with van der Waals surface area (Å²) in [4.78, 5) is 3.29. The standard InChI is InChI=1S/C15H10BrNOS/c16-11-7-5-10(6-8-11)12-3-1-2-4-13(12)14-9-17-15(19)18-14/h1-9H,(H,17,19). The summed E-state index contributed by atoms with van der Waals surface area (Å²) in [5.41, 5.74) is 3.28. The summed E-state index contributed by atoms with van der Waals surface area (Å²) in [6.45, 7) is 0. The van der Waals surface area contributed by atoms with E-state index in [1.54, 1.807) is 6.20 Å². The van der Waals surface area contributed by atoms with Crippen molar-refractivity contribution in [3.8, 4) is 22.5 Å². The van der Waals surface area contributed by atoms with Gasteiger partial charge < -0.3 is 9.40 Å². The summed E-state index contributed by atoms with van der Waals surface area (Å²) in [5.74, 6) is 0.753. The number of benzene rings is 2. The summed E-state index contributed by atoms with van der Waals surface area (Å²) in [7, 11) is 0. The van der Waals surface area contributed by atoms with E-state index >= 15 is 0 Å². The minimum Gasteiger partial charge on any atom is -0.429 e. The summed E-state index contributed by atoms with van der Waals surface area (Å²) in [5, 5.41) is 0. The van der Waals surface area contributed by atoms with Gasteiger partial charge >= 0.3 is 0 Å². The van der Waals surface area contributed by atoms with E-state index in [-0.39, 0.29) is 0 Å². The van der Waals surface area contributed by atoms with Crippen molar-refractivity contribution in [3.05, 3.63) is 64.0 Å². The zero-order valence-electron chi connectivity index (χ0n) is 9.89. The summed E-state index contributed by atoms with van der Waals surface area (Å²) < 4.78 is 6.57. The van der Waals surface area contributed by atoms with Gasteiger partial charge in [0, 0.05) is 16.2 Å². The van der Waals surface area contributed by atoms with Gasteiger partial charge in [-0.3, -0.25) is 0 Å². The zero-order valence-corrected chi connectivity index (χ0v) is 12.3. The minimum absolute atomic E-state index is 0.389. The lowest BCUT2D eigenvalue weighted by atomic mass is 9.99.